The summed E-state index contributed by atoms with van der Waals surface area (Å²) in [5, 5.41) is 2.78. The number of amides is 3. The van der Waals surface area contributed by atoms with Crippen molar-refractivity contribution in [1.29, 1.82) is 0 Å². The molecule has 0 aromatic heterocycles. The summed E-state index contributed by atoms with van der Waals surface area (Å²) >= 11 is 3.46. The van der Waals surface area contributed by atoms with Crippen LogP contribution in [0.1, 0.15) is 12.0 Å². The Kier molecular flexibility index (Phi) is 4.47. The number of fused-ring (bicyclic) bond motifs is 1. The highest BCUT2D eigenvalue weighted by Crippen LogP contribution is 2.33. The third-order valence-corrected chi connectivity index (χ3v) is 5.85. The molecule has 1 saturated heterocycles. The molecule has 2 aliphatic heterocycles. The molecule has 1 atom stereocenters. The van der Waals surface area contributed by atoms with E-state index in [1.807, 2.05) is 37.3 Å². The first-order valence-electron chi connectivity index (χ1n) is 8.71. The van der Waals surface area contributed by atoms with E-state index in [1.165, 1.54) is 4.90 Å². The summed E-state index contributed by atoms with van der Waals surface area (Å²) in [5.74, 6) is -0.973. The van der Waals surface area contributed by atoms with E-state index in [0.717, 1.165) is 15.7 Å². The molecule has 1 N–H and O–H groups in total. The number of aryl methyl sites for hydroxylation is 1. The van der Waals surface area contributed by atoms with Crippen molar-refractivity contribution in [2.24, 2.45) is 5.92 Å². The van der Waals surface area contributed by atoms with Gasteiger partial charge in [0.15, 0.2) is 0 Å². The Balaban J connectivity index is 1.58. The van der Waals surface area contributed by atoms with Crippen LogP contribution in [0.3, 0.4) is 0 Å². The lowest BCUT2D eigenvalue weighted by atomic mass is 10.1. The van der Waals surface area contributed by atoms with Gasteiger partial charge >= 0.3 is 0 Å². The third kappa shape index (κ3) is 3.23. The Morgan fingerprint density at radius 3 is 2.74 bits per heavy atom. The summed E-state index contributed by atoms with van der Waals surface area (Å²) < 4.78 is 0.974. The highest BCUT2D eigenvalue weighted by molar-refractivity contribution is 9.10. The van der Waals surface area contributed by atoms with E-state index in [9.17, 15) is 14.4 Å². The zero-order valence-corrected chi connectivity index (χ0v) is 16.3. The van der Waals surface area contributed by atoms with Crippen LogP contribution < -0.4 is 15.1 Å². The van der Waals surface area contributed by atoms with E-state index in [4.69, 9.17) is 0 Å². The molecule has 0 unspecified atom stereocenters. The maximum atomic E-state index is 13.1. The number of halogens is 1. The molecular formula is C20H18BrN3O3. The summed E-state index contributed by atoms with van der Waals surface area (Å²) in [6.45, 7) is 2.25. The third-order valence-electron chi connectivity index (χ3n) is 4.96. The van der Waals surface area contributed by atoms with E-state index < -0.39 is 5.92 Å². The van der Waals surface area contributed by atoms with Gasteiger partial charge in [-0.1, -0.05) is 28.1 Å². The quantitative estimate of drug-likeness (QED) is 0.800. The summed E-state index contributed by atoms with van der Waals surface area (Å²) in [6, 6.07) is 12.9. The van der Waals surface area contributed by atoms with Crippen LogP contribution in [0.4, 0.5) is 17.1 Å². The molecule has 2 aliphatic rings. The number of carbonyl (C=O) groups is 3. The molecule has 7 heteroatoms. The zero-order valence-electron chi connectivity index (χ0n) is 14.7. The molecule has 6 nitrogen and oxygen atoms in total. The minimum atomic E-state index is -0.472. The normalized spacial score (nSPS) is 19.1. The standard InChI is InChI=1S/C20H18BrN3O3/c1-12-8-14(6-7-15(12)21)23-10-13(9-19(23)26)20(27)24-11-18(25)22-16-4-2-3-5-17(16)24/h2-8,13H,9-11H2,1H3,(H,22,25)/t13-/m0/s1. The molecule has 0 aliphatic carbocycles. The summed E-state index contributed by atoms with van der Waals surface area (Å²) in [4.78, 5) is 40.8. The summed E-state index contributed by atoms with van der Waals surface area (Å²) in [7, 11) is 0. The lowest BCUT2D eigenvalue weighted by Gasteiger charge is -2.30. The first kappa shape index (κ1) is 17.7. The number of hydrogen-bond acceptors (Lipinski definition) is 3. The van der Waals surface area contributed by atoms with Gasteiger partial charge in [-0.2, -0.15) is 0 Å². The van der Waals surface area contributed by atoms with Crippen molar-refractivity contribution >= 4 is 50.7 Å². The minimum absolute atomic E-state index is 0.0298. The van der Waals surface area contributed by atoms with Crippen LogP contribution in [0.2, 0.25) is 0 Å². The van der Waals surface area contributed by atoms with Gasteiger partial charge in [0, 0.05) is 23.1 Å². The van der Waals surface area contributed by atoms with E-state index in [0.29, 0.717) is 17.9 Å². The van der Waals surface area contributed by atoms with E-state index in [1.54, 1.807) is 17.0 Å². The molecule has 138 valence electrons. The highest BCUT2D eigenvalue weighted by atomic mass is 79.9. The molecule has 0 bridgehead atoms. The monoisotopic (exact) mass is 427 g/mol. The Morgan fingerprint density at radius 2 is 1.96 bits per heavy atom. The van der Waals surface area contributed by atoms with Crippen LogP contribution in [0, 0.1) is 12.8 Å². The van der Waals surface area contributed by atoms with Crippen LogP contribution in [0.15, 0.2) is 46.9 Å². The van der Waals surface area contributed by atoms with Crippen LogP contribution in [0.5, 0.6) is 0 Å². The number of nitrogens with zero attached hydrogens (tertiary/aromatic N) is 2. The molecule has 0 radical (unpaired) electrons. The highest BCUT2D eigenvalue weighted by Gasteiger charge is 2.39. The van der Waals surface area contributed by atoms with Gasteiger partial charge < -0.3 is 15.1 Å². The Morgan fingerprint density at radius 1 is 1.19 bits per heavy atom. The van der Waals surface area contributed by atoms with Gasteiger partial charge in [-0.3, -0.25) is 14.4 Å². The number of hydrogen-bond donors (Lipinski definition) is 1. The number of carbonyl (C=O) groups excluding carboxylic acids is 3. The van der Waals surface area contributed by atoms with Crippen molar-refractivity contribution in [1.82, 2.24) is 0 Å². The smallest absolute Gasteiger partial charge is 0.244 e. The molecule has 3 amide bonds. The van der Waals surface area contributed by atoms with Crippen molar-refractivity contribution < 1.29 is 14.4 Å². The summed E-state index contributed by atoms with van der Waals surface area (Å²) in [5.41, 5.74) is 3.10. The van der Waals surface area contributed by atoms with Crippen LogP contribution >= 0.6 is 15.9 Å². The fourth-order valence-corrected chi connectivity index (χ4v) is 3.82. The average Bonchev–Trinajstić information content (AvgIpc) is 3.04. The number of para-hydroxylation sites is 2. The largest absolute Gasteiger partial charge is 0.323 e. The Labute approximate surface area is 165 Å². The predicted molar refractivity (Wildman–Crippen MR) is 107 cm³/mol. The number of nitrogens with one attached hydrogen (secondary N) is 1. The Hall–Kier alpha value is -2.67. The minimum Gasteiger partial charge on any atom is -0.323 e. The van der Waals surface area contributed by atoms with E-state index in [2.05, 4.69) is 21.2 Å². The predicted octanol–water partition coefficient (Wildman–Crippen LogP) is 3.10. The fourth-order valence-electron chi connectivity index (χ4n) is 3.57. The Bertz CT molecular complexity index is 959. The molecule has 1 fully saturated rings. The van der Waals surface area contributed by atoms with Crippen molar-refractivity contribution in [2.45, 2.75) is 13.3 Å². The van der Waals surface area contributed by atoms with Gasteiger partial charge in [-0.05, 0) is 42.8 Å². The molecule has 2 aromatic rings. The lowest BCUT2D eigenvalue weighted by molar-refractivity contribution is -0.125. The van der Waals surface area contributed by atoms with Gasteiger partial charge in [0.05, 0.1) is 17.3 Å². The van der Waals surface area contributed by atoms with Gasteiger partial charge in [-0.25, -0.2) is 0 Å². The number of rotatable bonds is 2. The van der Waals surface area contributed by atoms with Crippen molar-refractivity contribution in [3.05, 3.63) is 52.5 Å². The van der Waals surface area contributed by atoms with Crippen molar-refractivity contribution in [3.8, 4) is 0 Å². The number of benzene rings is 2. The maximum Gasteiger partial charge on any atom is 0.244 e. The molecule has 0 saturated carbocycles. The fraction of sp³-hybridized carbons (Fsp3) is 0.250. The van der Waals surface area contributed by atoms with Gasteiger partial charge in [0.25, 0.3) is 0 Å². The lowest BCUT2D eigenvalue weighted by Crippen LogP contribution is -2.45. The van der Waals surface area contributed by atoms with Gasteiger partial charge in [-0.15, -0.1) is 0 Å². The molecule has 27 heavy (non-hydrogen) atoms. The van der Waals surface area contributed by atoms with Crippen LogP contribution in [-0.2, 0) is 14.4 Å². The first-order valence-corrected chi connectivity index (χ1v) is 9.50. The van der Waals surface area contributed by atoms with Crippen LogP contribution in [0.25, 0.3) is 0 Å². The molecule has 2 heterocycles. The van der Waals surface area contributed by atoms with Crippen molar-refractivity contribution in [2.75, 3.05) is 28.2 Å². The molecule has 2 aromatic carbocycles. The van der Waals surface area contributed by atoms with Crippen molar-refractivity contribution in [3.63, 3.8) is 0 Å². The SMILES string of the molecule is Cc1cc(N2C[C@@H](C(=O)N3CC(=O)Nc4ccccc43)CC2=O)ccc1Br. The van der Waals surface area contributed by atoms with Crippen LogP contribution in [-0.4, -0.2) is 30.8 Å². The van der Waals surface area contributed by atoms with Gasteiger partial charge in [0.1, 0.15) is 6.54 Å². The second-order valence-electron chi connectivity index (χ2n) is 6.83. The summed E-state index contributed by atoms with van der Waals surface area (Å²) in [6.07, 6.45) is 0.147. The molecule has 0 spiro atoms. The average molecular weight is 428 g/mol. The second-order valence-corrected chi connectivity index (χ2v) is 7.68. The van der Waals surface area contributed by atoms with Gasteiger partial charge in [0.2, 0.25) is 17.7 Å². The first-order chi connectivity index (χ1) is 12.9. The molecule has 4 rings (SSSR count). The topological polar surface area (TPSA) is 69.7 Å². The van der Waals surface area contributed by atoms with E-state index >= 15 is 0 Å². The number of anilines is 3. The maximum absolute atomic E-state index is 13.1. The second kappa shape index (κ2) is 6.81. The van der Waals surface area contributed by atoms with E-state index in [-0.39, 0.29) is 30.7 Å². The molecular weight excluding hydrogens is 410 g/mol. The zero-order chi connectivity index (χ0) is 19.1.